The molecule has 0 heterocycles. The van der Waals surface area contributed by atoms with E-state index in [4.69, 9.17) is 124 Å². The molecule has 6 aromatic carbocycles. The van der Waals surface area contributed by atoms with Crippen LogP contribution in [0.2, 0.25) is 0 Å². The highest BCUT2D eigenvalue weighted by molar-refractivity contribution is 5.85. The fraction of sp³-hybridized carbons (Fsp3) is 0.507. The number of methoxy groups -OCH3 is 1. The summed E-state index contributed by atoms with van der Waals surface area (Å²) >= 11 is 3.89. The molecule has 6 aromatic rings. The fourth-order valence-corrected chi connectivity index (χ4v) is 5.64. The highest BCUT2D eigenvalue weighted by Crippen LogP contribution is 2.42. The Kier molecular flexibility index (Phi) is 8.96. The van der Waals surface area contributed by atoms with E-state index in [-0.39, 0.29) is 49.8 Å². The monoisotopic (exact) mass is 1370 g/mol. The van der Waals surface area contributed by atoms with Crippen molar-refractivity contribution in [1.29, 1.82) is 4.04 Å². The quantitative estimate of drug-likeness (QED) is 0.0289. The Bertz CT molecular complexity index is 5950. The van der Waals surface area contributed by atoms with Crippen molar-refractivity contribution in [2.24, 2.45) is 0 Å². The van der Waals surface area contributed by atoms with Gasteiger partial charge in [0.15, 0.2) is 0 Å². The molecule has 0 aliphatic carbocycles. The number of nitro benzene ring substituents is 1. The number of para-hydroxylation sites is 2. The summed E-state index contributed by atoms with van der Waals surface area (Å²) in [5, 5.41) is 59.4. The predicted molar refractivity (Wildman–Crippen MR) is 384 cm³/mol. The van der Waals surface area contributed by atoms with Crippen molar-refractivity contribution in [2.75, 3.05) is 12.8 Å². The number of nitro groups is 1. The molecule has 0 unspecified atom stereocenters. The zero-order valence-corrected chi connectivity index (χ0v) is 48.5. The van der Waals surface area contributed by atoms with E-state index >= 15 is 0 Å². The standard InChI is InChI=1S/C16H24O3.C14H21NO3.C14H23NO.C14H22O.2C6H6O.C4H10O.CH4.2ClH/c1-15(2,3)11-8-9-13(19-14(17)18-7)12(10-11)16(4,5)6;1-13(2,3)9-7-10(14(4,5)6)12(16)8-11(9)15(17)18;1-13(2,3)9-7-10(14(4,5)6)12(16)8-11(9)15;1-13(2,3)10-7-8-12(15)11(9-10)14(4,5)6;2*7-6-4-2-1-3-5-6;1-4(2,3)5;;;/h8-10H,1-7H3;7-8,16H,1-6H3;7-8,16H,15H2,1-6H3;7-9,15H,1-6H3;2*1-5,7H;5H,1-3H3;1H4;2*1H/i1D3,2D3,4D3,5D3,6D3,9D;3*1D3,2D3,4D3,5D3,6D3,8D;1D,4D,5D;;1D3,2D3,3D3,5D;;;/hD2. The topological polar surface area (TPSA) is 226 Å². The van der Waals surface area contributed by atoms with Gasteiger partial charge in [-0.05, 0) is 140 Å². The number of rotatable bonds is 3. The smallest absolute Gasteiger partial charge is 0.508 e. The fourth-order valence-electron chi connectivity index (χ4n) is 5.64. The number of aromatic hydroxyl groups is 5. The summed E-state index contributed by atoms with van der Waals surface area (Å²) in [6.07, 6.45) is -1.57. The van der Waals surface area contributed by atoms with E-state index in [1.165, 1.54) is 12.1 Å². The first-order valence-electron chi connectivity index (χ1n) is 62.4. The molecule has 0 spiro atoms. The second-order valence-electron chi connectivity index (χ2n) is 18.3. The lowest BCUT2D eigenvalue weighted by Gasteiger charge is -2.27. The molecule has 0 amide bonds. The van der Waals surface area contributed by atoms with Gasteiger partial charge in [0.2, 0.25) is 1.43 Å². The normalized spacial score (nSPS) is 27.5. The van der Waals surface area contributed by atoms with Gasteiger partial charge in [-0.3, -0.25) is 10.1 Å². The molecule has 6 rings (SSSR count). The summed E-state index contributed by atoms with van der Waals surface area (Å²) in [4.78, 5) is 22.1. The van der Waals surface area contributed by atoms with Crippen LogP contribution in [0.1, 0.15) is 341 Å². The van der Waals surface area contributed by atoms with Crippen LogP contribution < -0.4 is 10.5 Å². The second kappa shape index (κ2) is 35.8. The third kappa shape index (κ3) is 33.4. The minimum atomic E-state index is -3.99. The number of nitrogen functional groups attached to an aromatic ring is 1. The van der Waals surface area contributed by atoms with E-state index < -0.39 is 321 Å². The Morgan fingerprint density at radius 2 is 0.933 bits per heavy atom. The van der Waals surface area contributed by atoms with Gasteiger partial charge in [0.25, 0.3) is 7.12 Å². The lowest BCUT2D eigenvalue weighted by molar-refractivity contribution is -0.386. The highest BCUT2D eigenvalue weighted by Gasteiger charge is 2.31. The van der Waals surface area contributed by atoms with Crippen molar-refractivity contribution in [2.45, 2.75) is 242 Å². The Morgan fingerprint density at radius 3 is 1.32 bits per heavy atom. The van der Waals surface area contributed by atoms with E-state index in [0.717, 1.165) is 27.9 Å². The first-order valence-corrected chi connectivity index (χ1v) is 23.2. The van der Waals surface area contributed by atoms with E-state index in [9.17, 15) is 30.2 Å². The molecule has 0 saturated heterocycles. The summed E-state index contributed by atoms with van der Waals surface area (Å²) in [6.45, 7) is -81.2. The van der Waals surface area contributed by atoms with Gasteiger partial charge in [0, 0.05) is 123 Å². The van der Waals surface area contributed by atoms with Crippen LogP contribution in [0, 0.1) is 10.1 Å². The van der Waals surface area contributed by atoms with Crippen molar-refractivity contribution < 1.29 is 154 Å². The Balaban J connectivity index is -0.000000974. The molecular formula is C75H118Cl2N2O11. The van der Waals surface area contributed by atoms with Gasteiger partial charge >= 0.3 is 6.16 Å². The van der Waals surface area contributed by atoms with Crippen LogP contribution in [0.3, 0.4) is 0 Å². The van der Waals surface area contributed by atoms with Crippen LogP contribution in [0.15, 0.2) is 121 Å². The molecule has 90 heavy (non-hydrogen) atoms. The predicted octanol–water partition coefficient (Wildman–Crippen LogP) is 20.9. The number of halogens is 2. The lowest BCUT2D eigenvalue weighted by Crippen LogP contribution is -2.19. The largest absolute Gasteiger partial charge is 0.513 e. The number of aliphatic hydroxyl groups is 1. The molecule has 8 N–H and O–H groups in total. The molecule has 0 aliphatic heterocycles. The van der Waals surface area contributed by atoms with Crippen LogP contribution in [0.5, 0.6) is 34.5 Å². The van der Waals surface area contributed by atoms with Crippen molar-refractivity contribution in [1.82, 2.24) is 0 Å². The Morgan fingerprint density at radius 1 is 0.522 bits per heavy atom. The van der Waals surface area contributed by atoms with E-state index in [1.807, 2.05) is 6.07 Å². The third-order valence-corrected chi connectivity index (χ3v) is 9.66. The van der Waals surface area contributed by atoms with E-state index in [1.54, 1.807) is 24.3 Å². The number of benzene rings is 6. The zero-order chi connectivity index (χ0) is 135. The minimum absolute atomic E-state index is 0. The first kappa shape index (κ1) is 22.5. The lowest BCUT2D eigenvalue weighted by atomic mass is 9.79. The molecular weight excluding hydrogens is 1180 g/mol. The van der Waals surface area contributed by atoms with Gasteiger partial charge in [-0.25, -0.2) is 4.79 Å². The number of phenols is 5. The van der Waals surface area contributed by atoms with Crippen molar-refractivity contribution in [3.05, 3.63) is 176 Å². The van der Waals surface area contributed by atoms with Gasteiger partial charge in [0.1, 0.15) is 35.7 Å². The van der Waals surface area contributed by atoms with Crippen molar-refractivity contribution in [3.8, 4) is 34.5 Å². The third-order valence-electron chi connectivity index (χ3n) is 9.66. The van der Waals surface area contributed by atoms with Gasteiger partial charge in [0.05, 0.1) is 33.3 Å². The minimum Gasteiger partial charge on any atom is -0.508 e. The summed E-state index contributed by atoms with van der Waals surface area (Å²) < 4.78 is 610. The van der Waals surface area contributed by atoms with Crippen LogP contribution in [0.25, 0.3) is 0 Å². The number of phenolic OH excluding ortho intramolecular Hbond substituents is 5. The van der Waals surface area contributed by atoms with Gasteiger partial charge in [-0.15, -0.1) is 24.7 Å². The van der Waals surface area contributed by atoms with Crippen LogP contribution >= 0.6 is 24.7 Å². The van der Waals surface area contributed by atoms with Crippen LogP contribution in [-0.2, 0) is 48.1 Å². The molecule has 0 atom stereocenters. The average Bonchev–Trinajstić information content (AvgIpc) is 0.701. The van der Waals surface area contributed by atoms with Gasteiger partial charge < -0.3 is 45.9 Å². The van der Waals surface area contributed by atoms with E-state index in [2.05, 4.69) is 27.3 Å². The number of carbonyl (C=O) groups is 1. The number of anilines is 1. The zero-order valence-electron chi connectivity index (χ0n) is 126. The molecule has 0 radical (unpaired) electrons. The highest BCUT2D eigenvalue weighted by atomic mass is 35.5. The summed E-state index contributed by atoms with van der Waals surface area (Å²) in [7, 11) is 0.824. The number of nitrogens with two attached hydrogens (primary N) is 1. The molecule has 0 aromatic heterocycles. The molecule has 0 fully saturated rings. The molecule has 508 valence electrons. The maximum atomic E-state index is 11.8. The molecule has 15 heteroatoms. The number of nitrogens with zero attached hydrogens (tertiary/aromatic N) is 1. The van der Waals surface area contributed by atoms with Gasteiger partial charge in [-0.1, -0.05) is 233 Å². The van der Waals surface area contributed by atoms with Crippen LogP contribution in [-0.4, -0.2) is 58.5 Å². The maximum absolute atomic E-state index is 11.8. The summed E-state index contributed by atoms with van der Waals surface area (Å²) in [5.41, 5.74) is -36.5. The molecule has 13 nitrogen and oxygen atoms in total. The Labute approximate surface area is 666 Å². The van der Waals surface area contributed by atoms with Gasteiger partial charge in [-0.2, -0.15) is 0 Å². The number of ether oxygens (including phenoxy) is 2. The SMILES string of the molecule is C.Cl.Oc1ccccc1.[2H]Cl.[2H]OC(C([2H])([2H])[2H])(C([2H])([2H])[2H])C([2H])([2H])[2H].[2H]Oc1c([2H])cc([2H])cc1[2H].[2H]c1c(N)c(C(C)(C([2H])([2H])[2H])C([2H])([2H])[2H])cc(C(C([2H])([2H])[2H])(C([2H])([2H])[2H])C([2H])([2H])[2H])c1O.[2H]c1c(O)c(C(C([2H])([2H])[2H])(C([2H])([2H])[2H])C([2H])([2H])[2H])cc(C(C)(C([2H])([2H])[2H])C([2H])([2H])[2H])c1[N+](=O)[O-].[2H]c1cc(C(C)(C([2H])([2H])[2H])C([2H])([2H])[2H])cc(C(C([2H])([2H])[2H])(C([2H])([2H])[2H])C([2H])([2H])[2H])c1O.[2H]c1cc(C(C)(C([2H])([2H])[2H])C([2H])([2H])[2H])cc(C(C([2H])([2H])[2H])(C([2H])([2H])[2H])C([2H])([2H])[2H])c1OC(=O)OC. The van der Waals surface area contributed by atoms with E-state index in [0.29, 0.717) is 43.0 Å². The molecule has 0 saturated carbocycles. The molecule has 0 aliphatic rings. The second-order valence-corrected chi connectivity index (χ2v) is 18.3. The number of carbonyl (C=O) groups excluding carboxylic acids is 1. The van der Waals surface area contributed by atoms with Crippen molar-refractivity contribution >= 4 is 42.3 Å². The summed E-state index contributed by atoms with van der Waals surface area (Å²) in [5.74, 6) is -5.40. The summed E-state index contributed by atoms with van der Waals surface area (Å²) in [6, 6.07) is 8.78. The first-order chi connectivity index (χ1) is 72.7. The number of hydrogen-bond acceptors (Lipinski definition) is 12. The van der Waals surface area contributed by atoms with Crippen LogP contribution in [0.4, 0.5) is 16.2 Å². The van der Waals surface area contributed by atoms with Crippen molar-refractivity contribution in [3.63, 3.8) is 0 Å². The molecule has 0 bridgehead atoms. The average molecular weight is 1370 g/mol. The maximum Gasteiger partial charge on any atom is 0.513 e. The number of hydrogen-bond donors (Lipinski definition) is 7. The Hall–Kier alpha value is -6.67.